The van der Waals surface area contributed by atoms with Crippen LogP contribution in [0.2, 0.25) is 5.02 Å². The lowest BCUT2D eigenvalue weighted by Crippen LogP contribution is -2.38. The van der Waals surface area contributed by atoms with Crippen molar-refractivity contribution in [2.24, 2.45) is 11.8 Å². The predicted molar refractivity (Wildman–Crippen MR) is 161 cm³/mol. The average Bonchev–Trinajstić information content (AvgIpc) is 3.35. The molecule has 0 saturated carbocycles. The molecule has 216 valence electrons. The molecule has 1 N–H and O–H groups in total. The number of carboxylic acids is 1. The molecule has 3 aromatic carbocycles. The fraction of sp³-hybridized carbons (Fsp3) is 0.344. The Morgan fingerprint density at radius 1 is 1.00 bits per heavy atom. The molecule has 2 atom stereocenters. The molecule has 0 spiro atoms. The van der Waals surface area contributed by atoms with Crippen LogP contribution in [0.1, 0.15) is 40.9 Å². The van der Waals surface area contributed by atoms with Gasteiger partial charge >= 0.3 is 12.1 Å². The van der Waals surface area contributed by atoms with Gasteiger partial charge in [0.2, 0.25) is 0 Å². The number of Topliss-reactive ketones (excluding diaryl/α,β-unsaturated/α-hetero) is 1. The van der Waals surface area contributed by atoms with E-state index >= 15 is 0 Å². The van der Waals surface area contributed by atoms with Crippen molar-refractivity contribution in [2.75, 3.05) is 19.3 Å². The Kier molecular flexibility index (Phi) is 9.34. The molecule has 0 aromatic heterocycles. The van der Waals surface area contributed by atoms with E-state index in [1.807, 2.05) is 56.5 Å². The molecule has 3 aromatic rings. The minimum Gasteiger partial charge on any atom is -0.478 e. The summed E-state index contributed by atoms with van der Waals surface area (Å²) < 4.78 is 11.5. The van der Waals surface area contributed by atoms with Gasteiger partial charge in [-0.3, -0.25) is 4.79 Å². The third-order valence-electron chi connectivity index (χ3n) is 7.32. The zero-order valence-electron chi connectivity index (χ0n) is 23.8. The Morgan fingerprint density at radius 3 is 2.17 bits per heavy atom. The predicted octanol–water partition coefficient (Wildman–Crippen LogP) is 7.09. The van der Waals surface area contributed by atoms with Gasteiger partial charge in [-0.1, -0.05) is 35.9 Å². The molecule has 41 heavy (non-hydrogen) atoms. The molecule has 0 aliphatic carbocycles. The molecule has 0 bridgehead atoms. The molecule has 1 aliphatic heterocycles. The first-order chi connectivity index (χ1) is 19.4. The van der Waals surface area contributed by atoms with E-state index in [0.717, 1.165) is 21.6 Å². The second-order valence-corrected chi connectivity index (χ2v) is 12.2. The van der Waals surface area contributed by atoms with Crippen LogP contribution in [0.5, 0.6) is 11.5 Å². The molecule has 1 fully saturated rings. The Morgan fingerprint density at radius 2 is 1.61 bits per heavy atom. The number of carbonyl (C=O) groups excluding carboxylic acids is 2. The molecular formula is C32H34ClNO6S. The van der Waals surface area contributed by atoms with Crippen LogP contribution >= 0.6 is 23.4 Å². The molecule has 1 amide bonds. The summed E-state index contributed by atoms with van der Waals surface area (Å²) in [6.45, 7) is 7.38. The van der Waals surface area contributed by atoms with Crippen molar-refractivity contribution in [3.63, 3.8) is 0 Å². The number of amides is 1. The van der Waals surface area contributed by atoms with E-state index < -0.39 is 23.6 Å². The van der Waals surface area contributed by atoms with Crippen molar-refractivity contribution in [1.29, 1.82) is 0 Å². The number of benzene rings is 3. The van der Waals surface area contributed by atoms with Gasteiger partial charge in [-0.15, -0.1) is 11.8 Å². The van der Waals surface area contributed by atoms with Crippen LogP contribution in [0.25, 0.3) is 0 Å². The minimum absolute atomic E-state index is 0.0129. The molecule has 1 saturated heterocycles. The third-order valence-corrected chi connectivity index (χ3v) is 8.32. The number of ether oxygens (including phenoxy) is 2. The Hall–Kier alpha value is -3.49. The normalized spacial score (nSPS) is 16.9. The smallest absolute Gasteiger partial charge is 0.415 e. The van der Waals surface area contributed by atoms with Gasteiger partial charge in [-0.2, -0.15) is 0 Å². The van der Waals surface area contributed by atoms with E-state index in [4.69, 9.17) is 21.1 Å². The molecule has 1 aliphatic rings. The number of nitrogens with zero attached hydrogens (tertiary/aromatic N) is 1. The lowest BCUT2D eigenvalue weighted by atomic mass is 9.84. The van der Waals surface area contributed by atoms with E-state index in [0.29, 0.717) is 35.1 Å². The molecule has 0 radical (unpaired) electrons. The van der Waals surface area contributed by atoms with Crippen LogP contribution in [0.4, 0.5) is 4.79 Å². The summed E-state index contributed by atoms with van der Waals surface area (Å²) in [5.74, 6) is -0.728. The van der Waals surface area contributed by atoms with E-state index in [1.54, 1.807) is 40.9 Å². The number of aryl methyl sites for hydroxylation is 2. The van der Waals surface area contributed by atoms with Crippen LogP contribution in [0, 0.1) is 25.7 Å². The summed E-state index contributed by atoms with van der Waals surface area (Å²) in [5, 5.41) is 10.0. The second kappa shape index (κ2) is 12.6. The number of halogens is 1. The first-order valence-electron chi connectivity index (χ1n) is 13.3. The van der Waals surface area contributed by atoms with Crippen molar-refractivity contribution in [1.82, 2.24) is 4.90 Å². The van der Waals surface area contributed by atoms with Crippen molar-refractivity contribution >= 4 is 41.2 Å². The van der Waals surface area contributed by atoms with Crippen LogP contribution in [-0.4, -0.2) is 52.8 Å². The fourth-order valence-electron chi connectivity index (χ4n) is 5.08. The SMILES string of the molecule is CSc1ccc(C(=O)[C@@H]2CN(C(=O)Oc3ccc(Cl)cc3)CC2Cc2cc(C)c(OC(C)(C)C(=O)O)c(C)c2)cc1. The number of carboxylic acid groups (broad SMARTS) is 1. The van der Waals surface area contributed by atoms with Crippen LogP contribution in [0.3, 0.4) is 0 Å². The van der Waals surface area contributed by atoms with Gasteiger partial charge in [-0.05, 0) is 99.4 Å². The number of ketones is 1. The molecule has 7 nitrogen and oxygen atoms in total. The topological polar surface area (TPSA) is 93.1 Å². The first kappa shape index (κ1) is 30.5. The zero-order chi connectivity index (χ0) is 29.9. The van der Waals surface area contributed by atoms with Gasteiger partial charge in [0.05, 0.1) is 0 Å². The molecule has 1 unspecified atom stereocenters. The van der Waals surface area contributed by atoms with Gasteiger partial charge in [0.25, 0.3) is 0 Å². The maximum absolute atomic E-state index is 13.7. The van der Waals surface area contributed by atoms with E-state index in [9.17, 15) is 19.5 Å². The van der Waals surface area contributed by atoms with Gasteiger partial charge in [-0.25, -0.2) is 9.59 Å². The maximum Gasteiger partial charge on any atom is 0.415 e. The lowest BCUT2D eigenvalue weighted by molar-refractivity contribution is -0.152. The molecular weight excluding hydrogens is 562 g/mol. The minimum atomic E-state index is -1.38. The monoisotopic (exact) mass is 595 g/mol. The summed E-state index contributed by atoms with van der Waals surface area (Å²) in [5.41, 5.74) is 1.83. The van der Waals surface area contributed by atoms with Crippen LogP contribution < -0.4 is 9.47 Å². The number of hydrogen-bond donors (Lipinski definition) is 1. The van der Waals surface area contributed by atoms with Crippen molar-refractivity contribution in [3.05, 3.63) is 87.9 Å². The van der Waals surface area contributed by atoms with Gasteiger partial charge in [0.15, 0.2) is 11.4 Å². The molecule has 9 heteroatoms. The summed E-state index contributed by atoms with van der Waals surface area (Å²) in [4.78, 5) is 41.1. The summed E-state index contributed by atoms with van der Waals surface area (Å²) >= 11 is 7.56. The number of thioether (sulfide) groups is 1. The number of carbonyl (C=O) groups is 3. The number of aliphatic carboxylic acids is 1. The summed E-state index contributed by atoms with van der Waals surface area (Å²) in [7, 11) is 0. The van der Waals surface area contributed by atoms with Crippen molar-refractivity contribution < 1.29 is 29.0 Å². The largest absolute Gasteiger partial charge is 0.478 e. The number of likely N-dealkylation sites (tertiary alicyclic amines) is 1. The lowest BCUT2D eigenvalue weighted by Gasteiger charge is -2.25. The Balaban J connectivity index is 1.59. The molecule has 1 heterocycles. The highest BCUT2D eigenvalue weighted by atomic mass is 35.5. The number of hydrogen-bond acceptors (Lipinski definition) is 6. The van der Waals surface area contributed by atoms with Gasteiger partial charge in [0.1, 0.15) is 11.5 Å². The van der Waals surface area contributed by atoms with Gasteiger partial charge in [0, 0.05) is 34.5 Å². The van der Waals surface area contributed by atoms with E-state index in [2.05, 4.69) is 0 Å². The highest BCUT2D eigenvalue weighted by Crippen LogP contribution is 2.34. The first-order valence-corrected chi connectivity index (χ1v) is 14.9. The van der Waals surface area contributed by atoms with Gasteiger partial charge < -0.3 is 19.5 Å². The highest BCUT2D eigenvalue weighted by molar-refractivity contribution is 7.98. The Labute approximate surface area is 249 Å². The standard InChI is InChI=1S/C32H34ClNO6S/c1-19-14-21(15-20(2)29(19)40-32(3,4)30(36)37)16-23-17-34(31(38)39-25-10-8-24(33)9-11-25)18-27(23)28(35)22-6-12-26(41-5)13-7-22/h6-15,23,27H,16-18H2,1-5H3,(H,36,37)/t23?,27-/m1/s1. The van der Waals surface area contributed by atoms with Crippen molar-refractivity contribution in [2.45, 2.75) is 44.6 Å². The van der Waals surface area contributed by atoms with E-state index in [1.165, 1.54) is 13.8 Å². The fourth-order valence-corrected chi connectivity index (χ4v) is 5.62. The maximum atomic E-state index is 13.7. The van der Waals surface area contributed by atoms with Crippen LogP contribution in [0.15, 0.2) is 65.6 Å². The molecule has 4 rings (SSSR count). The summed E-state index contributed by atoms with van der Waals surface area (Å²) in [6, 6.07) is 18.0. The third kappa shape index (κ3) is 7.24. The average molecular weight is 596 g/mol. The van der Waals surface area contributed by atoms with Crippen LogP contribution in [-0.2, 0) is 11.2 Å². The number of rotatable bonds is 9. The zero-order valence-corrected chi connectivity index (χ0v) is 25.3. The summed E-state index contributed by atoms with van der Waals surface area (Å²) in [6.07, 6.45) is 2.02. The second-order valence-electron chi connectivity index (χ2n) is 10.9. The van der Waals surface area contributed by atoms with Crippen molar-refractivity contribution in [3.8, 4) is 11.5 Å². The quantitative estimate of drug-likeness (QED) is 0.208. The highest BCUT2D eigenvalue weighted by Gasteiger charge is 2.41. The Bertz CT molecular complexity index is 1410. The van der Waals surface area contributed by atoms with E-state index in [-0.39, 0.29) is 18.2 Å².